The van der Waals surface area contributed by atoms with Crippen LogP contribution in [0, 0.1) is 17.2 Å². The van der Waals surface area contributed by atoms with Crippen molar-refractivity contribution in [3.63, 3.8) is 0 Å². The van der Waals surface area contributed by atoms with Gasteiger partial charge in [-0.3, -0.25) is 0 Å². The zero-order chi connectivity index (χ0) is 12.9. The van der Waals surface area contributed by atoms with Gasteiger partial charge in [0.1, 0.15) is 17.4 Å². The largest absolute Gasteiger partial charge is 0.323 e. The number of aromatic nitrogens is 2. The second kappa shape index (κ2) is 4.00. The molecule has 1 fully saturated rings. The molecule has 1 heterocycles. The third-order valence-electron chi connectivity index (χ3n) is 3.62. The highest BCUT2D eigenvalue weighted by atomic mass is 35.5. The van der Waals surface area contributed by atoms with Gasteiger partial charge in [-0.15, -0.1) is 11.6 Å². The molecule has 3 atom stereocenters. The quantitative estimate of drug-likeness (QED) is 0.770. The van der Waals surface area contributed by atoms with Crippen molar-refractivity contribution >= 4 is 22.6 Å². The lowest BCUT2D eigenvalue weighted by molar-refractivity contribution is 0.659. The third kappa shape index (κ3) is 1.60. The SMILES string of the molecule is CC(Cl)c1nc2c(C#N)cccc2n1C1CC1C. The summed E-state index contributed by atoms with van der Waals surface area (Å²) in [4.78, 5) is 4.59. The molecule has 0 radical (unpaired) electrons. The Hall–Kier alpha value is -1.53. The topological polar surface area (TPSA) is 41.6 Å². The number of hydrogen-bond donors (Lipinski definition) is 0. The smallest absolute Gasteiger partial charge is 0.128 e. The average molecular weight is 260 g/mol. The zero-order valence-corrected chi connectivity index (χ0v) is 11.1. The molecule has 3 unspecified atom stereocenters. The minimum absolute atomic E-state index is 0.142. The van der Waals surface area contributed by atoms with Gasteiger partial charge in [0.15, 0.2) is 0 Å². The number of rotatable bonds is 2. The Morgan fingerprint density at radius 1 is 1.56 bits per heavy atom. The van der Waals surface area contributed by atoms with Crippen LogP contribution in [0.25, 0.3) is 11.0 Å². The number of para-hydroxylation sites is 1. The first-order chi connectivity index (χ1) is 8.63. The standard InChI is InChI=1S/C14H14ClN3/c1-8-6-12(8)18-11-5-3-4-10(7-16)13(11)17-14(18)9(2)15/h3-5,8-9,12H,6H2,1-2H3. The van der Waals surface area contributed by atoms with Crippen molar-refractivity contribution in [1.29, 1.82) is 5.26 Å². The van der Waals surface area contributed by atoms with Gasteiger partial charge in [0.05, 0.1) is 16.5 Å². The van der Waals surface area contributed by atoms with E-state index in [2.05, 4.69) is 22.5 Å². The molecule has 0 N–H and O–H groups in total. The fourth-order valence-corrected chi connectivity index (χ4v) is 2.67. The van der Waals surface area contributed by atoms with Gasteiger partial charge in [-0.25, -0.2) is 4.98 Å². The molecule has 0 spiro atoms. The summed E-state index contributed by atoms with van der Waals surface area (Å²) in [5.74, 6) is 1.55. The van der Waals surface area contributed by atoms with Crippen LogP contribution in [0.15, 0.2) is 18.2 Å². The molecule has 18 heavy (non-hydrogen) atoms. The van der Waals surface area contributed by atoms with Crippen molar-refractivity contribution in [2.75, 3.05) is 0 Å². The van der Waals surface area contributed by atoms with Crippen LogP contribution in [0.3, 0.4) is 0 Å². The van der Waals surface area contributed by atoms with E-state index in [1.807, 2.05) is 19.1 Å². The monoisotopic (exact) mass is 259 g/mol. The van der Waals surface area contributed by atoms with Gasteiger partial charge in [-0.1, -0.05) is 13.0 Å². The summed E-state index contributed by atoms with van der Waals surface area (Å²) in [6.45, 7) is 4.16. The number of hydrogen-bond acceptors (Lipinski definition) is 2. The van der Waals surface area contributed by atoms with E-state index in [0.29, 0.717) is 17.5 Å². The van der Waals surface area contributed by atoms with Crippen molar-refractivity contribution in [3.05, 3.63) is 29.6 Å². The number of halogens is 1. The third-order valence-corrected chi connectivity index (χ3v) is 3.82. The Bertz CT molecular complexity index is 651. The second-order valence-corrected chi connectivity index (χ2v) is 5.68. The number of benzene rings is 1. The van der Waals surface area contributed by atoms with Crippen LogP contribution in [0.5, 0.6) is 0 Å². The molecular formula is C14H14ClN3. The number of nitriles is 1. The summed E-state index contributed by atoms with van der Waals surface area (Å²) in [6.07, 6.45) is 1.17. The lowest BCUT2D eigenvalue weighted by Gasteiger charge is -2.09. The first-order valence-electron chi connectivity index (χ1n) is 6.18. The van der Waals surface area contributed by atoms with E-state index in [1.165, 1.54) is 6.42 Å². The number of nitrogens with zero attached hydrogens (tertiary/aromatic N) is 3. The summed E-state index contributed by atoms with van der Waals surface area (Å²) >= 11 is 6.23. The highest BCUT2D eigenvalue weighted by Crippen LogP contribution is 2.46. The maximum absolute atomic E-state index is 9.15. The van der Waals surface area contributed by atoms with Gasteiger partial charge < -0.3 is 4.57 Å². The lowest BCUT2D eigenvalue weighted by Crippen LogP contribution is -2.03. The number of fused-ring (bicyclic) bond motifs is 1. The van der Waals surface area contributed by atoms with E-state index in [0.717, 1.165) is 16.9 Å². The molecule has 0 saturated heterocycles. The average Bonchev–Trinajstić information content (AvgIpc) is 2.92. The minimum atomic E-state index is -0.142. The van der Waals surface area contributed by atoms with Crippen molar-refractivity contribution < 1.29 is 0 Å². The second-order valence-electron chi connectivity index (χ2n) is 5.02. The maximum atomic E-state index is 9.15. The summed E-state index contributed by atoms with van der Waals surface area (Å²) < 4.78 is 2.22. The van der Waals surface area contributed by atoms with E-state index in [-0.39, 0.29) is 5.38 Å². The molecule has 3 nitrogen and oxygen atoms in total. The van der Waals surface area contributed by atoms with Crippen molar-refractivity contribution in [1.82, 2.24) is 9.55 Å². The van der Waals surface area contributed by atoms with Crippen LogP contribution in [-0.4, -0.2) is 9.55 Å². The van der Waals surface area contributed by atoms with E-state index >= 15 is 0 Å². The van der Waals surface area contributed by atoms with Gasteiger partial charge in [0, 0.05) is 6.04 Å². The molecule has 92 valence electrons. The Labute approximate surface area is 111 Å². The fraction of sp³-hybridized carbons (Fsp3) is 0.429. The molecule has 1 aromatic carbocycles. The first kappa shape index (κ1) is 11.6. The van der Waals surface area contributed by atoms with Gasteiger partial charge in [-0.05, 0) is 31.4 Å². The summed E-state index contributed by atoms with van der Waals surface area (Å²) in [5, 5.41) is 9.01. The van der Waals surface area contributed by atoms with Gasteiger partial charge in [0.2, 0.25) is 0 Å². The Balaban J connectivity index is 2.30. The molecule has 0 bridgehead atoms. The molecule has 3 rings (SSSR count). The van der Waals surface area contributed by atoms with Crippen LogP contribution in [0.2, 0.25) is 0 Å². The summed E-state index contributed by atoms with van der Waals surface area (Å²) in [5.41, 5.74) is 2.44. The highest BCUT2D eigenvalue weighted by Gasteiger charge is 2.37. The number of imidazole rings is 1. The van der Waals surface area contributed by atoms with Crippen LogP contribution < -0.4 is 0 Å². The summed E-state index contributed by atoms with van der Waals surface area (Å²) in [7, 11) is 0. The predicted octanol–water partition coefficient (Wildman–Crippen LogP) is 3.79. The molecule has 1 saturated carbocycles. The highest BCUT2D eigenvalue weighted by molar-refractivity contribution is 6.20. The van der Waals surface area contributed by atoms with Crippen molar-refractivity contribution in [2.24, 2.45) is 5.92 Å². The predicted molar refractivity (Wildman–Crippen MR) is 71.5 cm³/mol. The molecule has 1 aromatic heterocycles. The van der Waals surface area contributed by atoms with Gasteiger partial charge >= 0.3 is 0 Å². The minimum Gasteiger partial charge on any atom is -0.323 e. The molecule has 0 amide bonds. The summed E-state index contributed by atoms with van der Waals surface area (Å²) in [6, 6.07) is 8.43. The van der Waals surface area contributed by atoms with E-state index in [4.69, 9.17) is 16.9 Å². The Morgan fingerprint density at radius 3 is 2.83 bits per heavy atom. The first-order valence-corrected chi connectivity index (χ1v) is 6.62. The maximum Gasteiger partial charge on any atom is 0.128 e. The van der Waals surface area contributed by atoms with Crippen molar-refractivity contribution in [3.8, 4) is 6.07 Å². The Morgan fingerprint density at radius 2 is 2.28 bits per heavy atom. The van der Waals surface area contributed by atoms with Crippen LogP contribution >= 0.6 is 11.6 Å². The lowest BCUT2D eigenvalue weighted by atomic mass is 10.2. The number of alkyl halides is 1. The molecule has 2 aromatic rings. The van der Waals surface area contributed by atoms with Crippen LogP contribution in [0.1, 0.15) is 43.1 Å². The van der Waals surface area contributed by atoms with E-state index in [1.54, 1.807) is 6.07 Å². The molecular weight excluding hydrogens is 246 g/mol. The fourth-order valence-electron chi connectivity index (χ4n) is 2.52. The van der Waals surface area contributed by atoms with Gasteiger partial charge in [0.25, 0.3) is 0 Å². The van der Waals surface area contributed by atoms with Crippen LogP contribution in [-0.2, 0) is 0 Å². The molecule has 4 heteroatoms. The van der Waals surface area contributed by atoms with E-state index < -0.39 is 0 Å². The molecule has 1 aliphatic carbocycles. The van der Waals surface area contributed by atoms with Crippen LogP contribution in [0.4, 0.5) is 0 Å². The zero-order valence-electron chi connectivity index (χ0n) is 10.4. The van der Waals surface area contributed by atoms with Crippen molar-refractivity contribution in [2.45, 2.75) is 31.7 Å². The molecule has 1 aliphatic rings. The Kier molecular flexibility index (Phi) is 2.57. The van der Waals surface area contributed by atoms with Gasteiger partial charge in [-0.2, -0.15) is 5.26 Å². The molecule has 0 aliphatic heterocycles. The van der Waals surface area contributed by atoms with E-state index in [9.17, 15) is 0 Å². The normalized spacial score (nSPS) is 23.9.